The molecule has 2 amide bonds. The summed E-state index contributed by atoms with van der Waals surface area (Å²) in [5.74, 6) is 0.648. The van der Waals surface area contributed by atoms with Gasteiger partial charge in [0.2, 0.25) is 11.8 Å². The lowest BCUT2D eigenvalue weighted by Crippen LogP contribution is -2.44. The Bertz CT molecular complexity index is 299. The zero-order valence-corrected chi connectivity index (χ0v) is 12.4. The van der Waals surface area contributed by atoms with Crippen molar-refractivity contribution in [1.82, 2.24) is 15.5 Å². The van der Waals surface area contributed by atoms with E-state index in [0.29, 0.717) is 25.4 Å². The van der Waals surface area contributed by atoms with Crippen LogP contribution in [-0.4, -0.2) is 48.9 Å². The number of hydrogen-bond acceptors (Lipinski definition) is 3. The normalized spacial score (nSPS) is 16.7. The molecule has 19 heavy (non-hydrogen) atoms. The van der Waals surface area contributed by atoms with Crippen LogP contribution < -0.4 is 10.6 Å². The van der Waals surface area contributed by atoms with E-state index in [9.17, 15) is 9.59 Å². The summed E-state index contributed by atoms with van der Waals surface area (Å²) in [6.07, 6.45) is 2.71. The van der Waals surface area contributed by atoms with Gasteiger partial charge in [-0.3, -0.25) is 9.59 Å². The van der Waals surface area contributed by atoms with Crippen molar-refractivity contribution in [3.05, 3.63) is 0 Å². The monoisotopic (exact) mass is 269 g/mol. The molecule has 5 heteroatoms. The molecule has 2 N–H and O–H groups in total. The van der Waals surface area contributed by atoms with Crippen molar-refractivity contribution in [2.45, 2.75) is 46.1 Å². The summed E-state index contributed by atoms with van der Waals surface area (Å²) in [6.45, 7) is 8.99. The molecule has 1 aliphatic heterocycles. The number of nitrogens with zero attached hydrogens (tertiary/aromatic N) is 1. The van der Waals surface area contributed by atoms with E-state index in [2.05, 4.69) is 24.5 Å². The van der Waals surface area contributed by atoms with Gasteiger partial charge in [0.05, 0.1) is 6.04 Å². The summed E-state index contributed by atoms with van der Waals surface area (Å²) < 4.78 is 0. The SMILES string of the molecule is CC(C)CNC(=O)C(C)NCCC(=O)N1CCCC1. The van der Waals surface area contributed by atoms with Crippen LogP contribution in [0.15, 0.2) is 0 Å². The van der Waals surface area contributed by atoms with Crippen LogP contribution >= 0.6 is 0 Å². The van der Waals surface area contributed by atoms with Gasteiger partial charge >= 0.3 is 0 Å². The average Bonchev–Trinajstić information content (AvgIpc) is 2.89. The van der Waals surface area contributed by atoms with Crippen LogP contribution in [0.25, 0.3) is 0 Å². The molecule has 5 nitrogen and oxygen atoms in total. The molecule has 1 rings (SSSR count). The van der Waals surface area contributed by atoms with E-state index in [-0.39, 0.29) is 17.9 Å². The van der Waals surface area contributed by atoms with E-state index < -0.39 is 0 Å². The first kappa shape index (κ1) is 16.0. The van der Waals surface area contributed by atoms with Gasteiger partial charge in [-0.05, 0) is 25.7 Å². The Labute approximate surface area is 116 Å². The van der Waals surface area contributed by atoms with Crippen molar-refractivity contribution in [3.8, 4) is 0 Å². The lowest BCUT2D eigenvalue weighted by Gasteiger charge is -2.17. The van der Waals surface area contributed by atoms with Crippen LogP contribution in [0, 0.1) is 5.92 Å². The summed E-state index contributed by atoms with van der Waals surface area (Å²) in [5.41, 5.74) is 0. The molecule has 110 valence electrons. The van der Waals surface area contributed by atoms with E-state index >= 15 is 0 Å². The minimum Gasteiger partial charge on any atom is -0.354 e. The molecular formula is C14H27N3O2. The van der Waals surface area contributed by atoms with Crippen molar-refractivity contribution in [3.63, 3.8) is 0 Å². The first-order valence-electron chi connectivity index (χ1n) is 7.29. The number of rotatable bonds is 7. The maximum Gasteiger partial charge on any atom is 0.236 e. The van der Waals surface area contributed by atoms with Crippen molar-refractivity contribution >= 4 is 11.8 Å². The number of amides is 2. The highest BCUT2D eigenvalue weighted by Gasteiger charge is 2.18. The standard InChI is InChI=1S/C14H27N3O2/c1-11(2)10-16-14(19)12(3)15-7-6-13(18)17-8-4-5-9-17/h11-12,15H,4-10H2,1-3H3,(H,16,19). The third kappa shape index (κ3) is 6.05. The smallest absolute Gasteiger partial charge is 0.236 e. The van der Waals surface area contributed by atoms with Crippen LogP contribution in [0.5, 0.6) is 0 Å². The Morgan fingerprint density at radius 3 is 2.37 bits per heavy atom. The molecule has 1 fully saturated rings. The van der Waals surface area contributed by atoms with Gasteiger partial charge in [-0.25, -0.2) is 0 Å². The second kappa shape index (κ2) is 8.15. The number of nitrogens with one attached hydrogen (secondary N) is 2. The highest BCUT2D eigenvalue weighted by molar-refractivity contribution is 5.81. The summed E-state index contributed by atoms with van der Waals surface area (Å²) >= 11 is 0. The Morgan fingerprint density at radius 1 is 1.16 bits per heavy atom. The molecule has 1 aliphatic rings. The number of hydrogen-bond donors (Lipinski definition) is 2. The number of carbonyl (C=O) groups is 2. The quantitative estimate of drug-likeness (QED) is 0.717. The van der Waals surface area contributed by atoms with Crippen LogP contribution in [-0.2, 0) is 9.59 Å². The molecule has 0 aromatic carbocycles. The van der Waals surface area contributed by atoms with Crippen molar-refractivity contribution < 1.29 is 9.59 Å². The summed E-state index contributed by atoms with van der Waals surface area (Å²) in [7, 11) is 0. The van der Waals surface area contributed by atoms with Crippen molar-refractivity contribution in [2.24, 2.45) is 5.92 Å². The highest BCUT2D eigenvalue weighted by atomic mass is 16.2. The fourth-order valence-electron chi connectivity index (χ4n) is 2.07. The van der Waals surface area contributed by atoms with Gasteiger partial charge in [-0.15, -0.1) is 0 Å². The summed E-state index contributed by atoms with van der Waals surface area (Å²) in [6, 6.07) is -0.245. The van der Waals surface area contributed by atoms with Crippen LogP contribution in [0.3, 0.4) is 0 Å². The van der Waals surface area contributed by atoms with E-state index in [4.69, 9.17) is 0 Å². The first-order chi connectivity index (χ1) is 9.00. The number of likely N-dealkylation sites (tertiary alicyclic amines) is 1. The Kier molecular flexibility index (Phi) is 6.84. The topological polar surface area (TPSA) is 61.4 Å². The molecule has 0 aromatic rings. The minimum atomic E-state index is -0.245. The molecule has 1 unspecified atom stereocenters. The Hall–Kier alpha value is -1.10. The van der Waals surface area contributed by atoms with Gasteiger partial charge < -0.3 is 15.5 Å². The molecule has 0 radical (unpaired) electrons. The third-order valence-electron chi connectivity index (χ3n) is 3.33. The second-order valence-electron chi connectivity index (χ2n) is 5.65. The van der Waals surface area contributed by atoms with Gasteiger partial charge in [-0.2, -0.15) is 0 Å². The molecular weight excluding hydrogens is 242 g/mol. The largest absolute Gasteiger partial charge is 0.354 e. The summed E-state index contributed by atoms with van der Waals surface area (Å²) in [4.78, 5) is 25.4. The van der Waals surface area contributed by atoms with Crippen molar-refractivity contribution in [1.29, 1.82) is 0 Å². The lowest BCUT2D eigenvalue weighted by molar-refractivity contribution is -0.130. The predicted molar refractivity (Wildman–Crippen MR) is 75.7 cm³/mol. The molecule has 0 spiro atoms. The molecule has 0 saturated carbocycles. The van der Waals surface area contributed by atoms with Gasteiger partial charge in [0.1, 0.15) is 0 Å². The first-order valence-corrected chi connectivity index (χ1v) is 7.29. The lowest BCUT2D eigenvalue weighted by atomic mass is 10.2. The predicted octanol–water partition coefficient (Wildman–Crippen LogP) is 0.749. The molecule has 0 aliphatic carbocycles. The fourth-order valence-corrected chi connectivity index (χ4v) is 2.07. The Morgan fingerprint density at radius 2 is 1.79 bits per heavy atom. The van der Waals surface area contributed by atoms with Crippen LogP contribution in [0.4, 0.5) is 0 Å². The highest BCUT2D eigenvalue weighted by Crippen LogP contribution is 2.08. The molecule has 0 aromatic heterocycles. The van der Waals surface area contributed by atoms with Crippen LogP contribution in [0.1, 0.15) is 40.0 Å². The summed E-state index contributed by atoms with van der Waals surface area (Å²) in [5, 5.41) is 5.98. The number of carbonyl (C=O) groups excluding carboxylic acids is 2. The van der Waals surface area contributed by atoms with E-state index in [0.717, 1.165) is 25.9 Å². The molecule has 1 atom stereocenters. The third-order valence-corrected chi connectivity index (χ3v) is 3.33. The molecule has 1 heterocycles. The van der Waals surface area contributed by atoms with Gasteiger partial charge in [0.15, 0.2) is 0 Å². The molecule has 1 saturated heterocycles. The maximum atomic E-state index is 11.8. The van der Waals surface area contributed by atoms with Crippen LogP contribution in [0.2, 0.25) is 0 Å². The van der Waals surface area contributed by atoms with Gasteiger partial charge in [0, 0.05) is 32.6 Å². The minimum absolute atomic E-state index is 0.00215. The second-order valence-corrected chi connectivity index (χ2v) is 5.65. The van der Waals surface area contributed by atoms with Gasteiger partial charge in [0.25, 0.3) is 0 Å². The Balaban J connectivity index is 2.13. The fraction of sp³-hybridized carbons (Fsp3) is 0.857. The average molecular weight is 269 g/mol. The molecule has 0 bridgehead atoms. The van der Waals surface area contributed by atoms with E-state index in [1.165, 1.54) is 0 Å². The maximum absolute atomic E-state index is 11.8. The van der Waals surface area contributed by atoms with Gasteiger partial charge in [-0.1, -0.05) is 13.8 Å². The van der Waals surface area contributed by atoms with E-state index in [1.54, 1.807) is 0 Å². The van der Waals surface area contributed by atoms with Crippen molar-refractivity contribution in [2.75, 3.05) is 26.2 Å². The van der Waals surface area contributed by atoms with E-state index in [1.807, 2.05) is 11.8 Å². The zero-order chi connectivity index (χ0) is 14.3. The zero-order valence-electron chi connectivity index (χ0n) is 12.4.